The number of carboxylic acids is 1. The van der Waals surface area contributed by atoms with Crippen LogP contribution in [0.5, 0.6) is 0 Å². The number of hydrogen-bond acceptors (Lipinski definition) is 13. The molecule has 2 aromatic rings. The standard InChI is InChI=1S/C25H34N10O10S/c1-11(32-19(39)7-29-22(41)13(26)3-4-16(27)36)21(40)31-8-20-34-14(9-45-20)24-35-15(10-46-24)23(42)30-5-17(37)28-6-18(38)33-12(2)25(43)44/h9-13H,3-8,26H2,1-2H3,(H2,27,36)(H,28,37)(H,29,41)(H,30,42)(H,31,40)(H,32,39)(H,33,38)(H,43,44). The number of aromatic nitrogens is 2. The first kappa shape index (κ1) is 36.8. The van der Waals surface area contributed by atoms with Crippen LogP contribution in [0.15, 0.2) is 16.1 Å². The number of primary amides is 1. The van der Waals surface area contributed by atoms with Gasteiger partial charge in [-0.05, 0) is 20.3 Å². The summed E-state index contributed by atoms with van der Waals surface area (Å²) < 4.78 is 5.33. The second-order valence-corrected chi connectivity index (χ2v) is 10.4. The van der Waals surface area contributed by atoms with Crippen molar-refractivity contribution in [3.05, 3.63) is 23.2 Å². The molecule has 46 heavy (non-hydrogen) atoms. The minimum absolute atomic E-state index is 0.0208. The lowest BCUT2D eigenvalue weighted by atomic mass is 10.1. The Labute approximate surface area is 264 Å². The van der Waals surface area contributed by atoms with Gasteiger partial charge in [-0.3, -0.25) is 38.4 Å². The van der Waals surface area contributed by atoms with E-state index in [2.05, 4.69) is 41.9 Å². The lowest BCUT2D eigenvalue weighted by Gasteiger charge is -2.15. The summed E-state index contributed by atoms with van der Waals surface area (Å²) in [5.74, 6) is -5.73. The van der Waals surface area contributed by atoms with E-state index in [-0.39, 0.29) is 36.7 Å². The van der Waals surface area contributed by atoms with Crippen LogP contribution >= 0.6 is 11.3 Å². The van der Waals surface area contributed by atoms with Crippen molar-refractivity contribution >= 4 is 58.7 Å². The van der Waals surface area contributed by atoms with Crippen LogP contribution in [0, 0.1) is 0 Å². The molecule has 0 saturated heterocycles. The minimum Gasteiger partial charge on any atom is -0.480 e. The van der Waals surface area contributed by atoms with Crippen molar-refractivity contribution in [3.8, 4) is 10.7 Å². The molecule has 11 N–H and O–H groups in total. The molecule has 3 unspecified atom stereocenters. The number of carboxylic acid groups (broad SMARTS) is 1. The van der Waals surface area contributed by atoms with Gasteiger partial charge in [0.15, 0.2) is 0 Å². The second kappa shape index (κ2) is 17.8. The summed E-state index contributed by atoms with van der Waals surface area (Å²) in [7, 11) is 0. The number of oxazole rings is 1. The lowest BCUT2D eigenvalue weighted by Crippen LogP contribution is -2.49. The molecule has 0 aliphatic carbocycles. The molecule has 250 valence electrons. The topological polar surface area (TPSA) is 320 Å². The second-order valence-electron chi connectivity index (χ2n) is 9.59. The molecular weight excluding hydrogens is 632 g/mol. The molecule has 0 fully saturated rings. The van der Waals surface area contributed by atoms with Crippen LogP contribution in [-0.2, 0) is 40.1 Å². The van der Waals surface area contributed by atoms with Crippen LogP contribution in [-0.4, -0.2) is 100 Å². The van der Waals surface area contributed by atoms with Crippen molar-refractivity contribution in [2.24, 2.45) is 11.5 Å². The molecule has 0 aliphatic rings. The van der Waals surface area contributed by atoms with Crippen LogP contribution in [0.3, 0.4) is 0 Å². The maximum absolute atomic E-state index is 12.4. The molecule has 2 rings (SSSR count). The van der Waals surface area contributed by atoms with Gasteiger partial charge < -0.3 is 52.9 Å². The first-order chi connectivity index (χ1) is 21.7. The molecule has 0 aromatic carbocycles. The van der Waals surface area contributed by atoms with Gasteiger partial charge in [0.2, 0.25) is 41.3 Å². The molecule has 0 spiro atoms. The molecule has 2 aromatic heterocycles. The molecule has 7 amide bonds. The van der Waals surface area contributed by atoms with Crippen LogP contribution in [0.25, 0.3) is 10.7 Å². The summed E-state index contributed by atoms with van der Waals surface area (Å²) in [5.41, 5.74) is 10.9. The number of carbonyl (C=O) groups is 8. The highest BCUT2D eigenvalue weighted by molar-refractivity contribution is 7.13. The highest BCUT2D eigenvalue weighted by atomic mass is 32.1. The van der Waals surface area contributed by atoms with Gasteiger partial charge in [0.05, 0.1) is 32.2 Å². The van der Waals surface area contributed by atoms with E-state index in [9.17, 15) is 38.4 Å². The number of nitrogens with two attached hydrogens (primary N) is 2. The summed E-state index contributed by atoms with van der Waals surface area (Å²) in [6.45, 7) is 1.14. The number of thiazole rings is 1. The van der Waals surface area contributed by atoms with Gasteiger partial charge >= 0.3 is 5.97 Å². The van der Waals surface area contributed by atoms with Crippen molar-refractivity contribution in [3.63, 3.8) is 0 Å². The van der Waals surface area contributed by atoms with E-state index in [0.29, 0.717) is 5.01 Å². The predicted octanol–water partition coefficient (Wildman–Crippen LogP) is -3.94. The Bertz CT molecular complexity index is 1460. The van der Waals surface area contributed by atoms with Crippen LogP contribution in [0.4, 0.5) is 0 Å². The SMILES string of the molecule is CC(NC(=O)CNC(=O)CNC(=O)c1csc(-c2coc(CNC(=O)C(C)NC(=O)CNC(=O)C(N)CCC(N)=O)n2)n1)C(=O)O. The van der Waals surface area contributed by atoms with E-state index in [0.717, 1.165) is 11.3 Å². The van der Waals surface area contributed by atoms with Gasteiger partial charge in [0, 0.05) is 11.8 Å². The minimum atomic E-state index is -1.24. The summed E-state index contributed by atoms with van der Waals surface area (Å²) in [6, 6.07) is -3.14. The van der Waals surface area contributed by atoms with Gasteiger partial charge in [-0.1, -0.05) is 0 Å². The van der Waals surface area contributed by atoms with Crippen LogP contribution in [0.2, 0.25) is 0 Å². The summed E-state index contributed by atoms with van der Waals surface area (Å²) in [5, 5.41) is 24.5. The Morgan fingerprint density at radius 1 is 0.870 bits per heavy atom. The fraction of sp³-hybridized carbons (Fsp3) is 0.440. The number of nitrogens with one attached hydrogen (secondary N) is 6. The quantitative estimate of drug-likeness (QED) is 0.0735. The third-order valence-electron chi connectivity index (χ3n) is 5.76. The van der Waals surface area contributed by atoms with Crippen molar-refractivity contribution in [2.45, 2.75) is 51.4 Å². The molecule has 21 heteroatoms. The number of carbonyl (C=O) groups excluding carboxylic acids is 7. The highest BCUT2D eigenvalue weighted by Crippen LogP contribution is 2.23. The number of amides is 7. The summed E-state index contributed by atoms with van der Waals surface area (Å²) in [4.78, 5) is 102. The zero-order valence-corrected chi connectivity index (χ0v) is 25.5. The molecule has 0 aliphatic heterocycles. The molecular formula is C25H34N10O10S. The van der Waals surface area contributed by atoms with Crippen molar-refractivity contribution in [2.75, 3.05) is 19.6 Å². The zero-order chi connectivity index (χ0) is 34.4. The Balaban J connectivity index is 1.75. The molecule has 0 bridgehead atoms. The Kier molecular flexibility index (Phi) is 14.2. The van der Waals surface area contributed by atoms with Gasteiger partial charge in [-0.15, -0.1) is 11.3 Å². The fourth-order valence-corrected chi connectivity index (χ4v) is 3.98. The van der Waals surface area contributed by atoms with Crippen molar-refractivity contribution < 1.29 is 47.9 Å². The normalized spacial score (nSPS) is 12.5. The average Bonchev–Trinajstić information content (AvgIpc) is 3.69. The predicted molar refractivity (Wildman–Crippen MR) is 157 cm³/mol. The molecule has 3 atom stereocenters. The first-order valence-corrected chi connectivity index (χ1v) is 14.4. The van der Waals surface area contributed by atoms with Gasteiger partial charge in [-0.2, -0.15) is 0 Å². The van der Waals surface area contributed by atoms with Crippen molar-refractivity contribution in [1.29, 1.82) is 0 Å². The Morgan fingerprint density at radius 2 is 1.50 bits per heavy atom. The van der Waals surface area contributed by atoms with E-state index < -0.39 is 85.1 Å². The van der Waals surface area contributed by atoms with Gasteiger partial charge in [0.25, 0.3) is 5.91 Å². The van der Waals surface area contributed by atoms with E-state index in [1.54, 1.807) is 0 Å². The maximum atomic E-state index is 12.4. The summed E-state index contributed by atoms with van der Waals surface area (Å²) in [6.07, 6.45) is 1.19. The van der Waals surface area contributed by atoms with Crippen LogP contribution in [0.1, 0.15) is 43.1 Å². The summed E-state index contributed by atoms with van der Waals surface area (Å²) >= 11 is 1.06. The van der Waals surface area contributed by atoms with Gasteiger partial charge in [0.1, 0.15) is 34.7 Å². The third-order valence-corrected chi connectivity index (χ3v) is 6.62. The largest absolute Gasteiger partial charge is 0.480 e. The van der Waals surface area contributed by atoms with E-state index >= 15 is 0 Å². The molecule has 0 radical (unpaired) electrons. The number of hydrogen-bond donors (Lipinski definition) is 9. The number of rotatable bonds is 18. The molecule has 2 heterocycles. The van der Waals surface area contributed by atoms with E-state index in [1.807, 2.05) is 0 Å². The smallest absolute Gasteiger partial charge is 0.325 e. The fourth-order valence-electron chi connectivity index (χ4n) is 3.23. The highest BCUT2D eigenvalue weighted by Gasteiger charge is 2.20. The Morgan fingerprint density at radius 3 is 2.15 bits per heavy atom. The van der Waals surface area contributed by atoms with Crippen molar-refractivity contribution in [1.82, 2.24) is 41.9 Å². The number of aliphatic carboxylic acids is 1. The third kappa shape index (κ3) is 12.7. The molecule has 20 nitrogen and oxygen atoms in total. The maximum Gasteiger partial charge on any atom is 0.325 e. The number of nitrogens with zero attached hydrogens (tertiary/aromatic N) is 2. The lowest BCUT2D eigenvalue weighted by molar-refractivity contribution is -0.141. The zero-order valence-electron chi connectivity index (χ0n) is 24.7. The molecule has 0 saturated carbocycles. The van der Waals surface area contributed by atoms with E-state index in [1.165, 1.54) is 25.5 Å². The monoisotopic (exact) mass is 666 g/mol. The van der Waals surface area contributed by atoms with Gasteiger partial charge in [-0.25, -0.2) is 9.97 Å². The first-order valence-electron chi connectivity index (χ1n) is 13.5. The average molecular weight is 667 g/mol. The van der Waals surface area contributed by atoms with E-state index in [4.69, 9.17) is 21.0 Å². The Hall–Kier alpha value is -5.44. The van der Waals surface area contributed by atoms with Crippen LogP contribution < -0.4 is 43.4 Å².